The van der Waals surface area contributed by atoms with Crippen molar-refractivity contribution in [2.45, 2.75) is 179 Å². The standard InChI is InChI=1S/C13H24.C13H26.C13H24/c1-10(2)12-6-5-7-13(9-8-12)11(3)4;1-10(2)12-7-5-6-8-13(9-12)11(3)4;1-10(2)12-8-6-5-7-9-13(12)11(3)4/h10,12H,5-9H2,1-4H3;10-13H,5-9H2,1-4H3;10,12H,5-9H2,1-4H3. The van der Waals surface area contributed by atoms with Gasteiger partial charge in [0.2, 0.25) is 0 Å². The third-order valence-corrected chi connectivity index (χ3v) is 10.8. The highest BCUT2D eigenvalue weighted by molar-refractivity contribution is 5.15. The van der Waals surface area contributed by atoms with Crippen LogP contribution in [-0.4, -0.2) is 0 Å². The molecule has 0 saturated heterocycles. The number of hydrogen-bond acceptors (Lipinski definition) is 0. The third kappa shape index (κ3) is 14.3. The van der Waals surface area contributed by atoms with Gasteiger partial charge in [-0.15, -0.1) is 0 Å². The highest BCUT2D eigenvalue weighted by Gasteiger charge is 2.24. The van der Waals surface area contributed by atoms with E-state index in [9.17, 15) is 0 Å². The van der Waals surface area contributed by atoms with Crippen LogP contribution in [0, 0.1) is 47.3 Å². The van der Waals surface area contributed by atoms with Crippen molar-refractivity contribution in [2.24, 2.45) is 47.3 Å². The summed E-state index contributed by atoms with van der Waals surface area (Å²) in [5.41, 5.74) is 6.67. The predicted octanol–water partition coefficient (Wildman–Crippen LogP) is 13.6. The Kier molecular flexibility index (Phi) is 18.3. The van der Waals surface area contributed by atoms with E-state index in [1.807, 2.05) is 0 Å². The summed E-state index contributed by atoms with van der Waals surface area (Å²) in [5.74, 6) is 7.41. The van der Waals surface area contributed by atoms with Crippen molar-refractivity contribution in [1.29, 1.82) is 0 Å². The molecule has 39 heavy (non-hydrogen) atoms. The fourth-order valence-corrected chi connectivity index (χ4v) is 7.59. The maximum absolute atomic E-state index is 2.40. The van der Waals surface area contributed by atoms with Gasteiger partial charge in [0.1, 0.15) is 0 Å². The molecular formula is C39H74. The van der Waals surface area contributed by atoms with E-state index in [0.29, 0.717) is 0 Å². The molecule has 4 atom stereocenters. The number of rotatable bonds is 4. The van der Waals surface area contributed by atoms with Crippen molar-refractivity contribution in [2.75, 3.05) is 0 Å². The fourth-order valence-electron chi connectivity index (χ4n) is 7.59. The fraction of sp³-hybridized carbons (Fsp3) is 0.897. The van der Waals surface area contributed by atoms with Crippen LogP contribution in [0.5, 0.6) is 0 Å². The van der Waals surface area contributed by atoms with Gasteiger partial charge < -0.3 is 0 Å². The minimum absolute atomic E-state index is 0.836. The second-order valence-electron chi connectivity index (χ2n) is 15.5. The van der Waals surface area contributed by atoms with E-state index < -0.39 is 0 Å². The normalized spacial score (nSPS) is 26.8. The van der Waals surface area contributed by atoms with Crippen LogP contribution in [0.2, 0.25) is 0 Å². The Morgan fingerprint density at radius 3 is 1.44 bits per heavy atom. The van der Waals surface area contributed by atoms with Gasteiger partial charge in [-0.1, -0.05) is 116 Å². The van der Waals surface area contributed by atoms with Gasteiger partial charge in [-0.2, -0.15) is 0 Å². The molecule has 0 radical (unpaired) electrons. The van der Waals surface area contributed by atoms with Gasteiger partial charge in [-0.05, 0) is 133 Å². The van der Waals surface area contributed by atoms with Crippen LogP contribution < -0.4 is 0 Å². The Morgan fingerprint density at radius 1 is 0.462 bits per heavy atom. The molecule has 3 fully saturated rings. The van der Waals surface area contributed by atoms with Gasteiger partial charge in [0.25, 0.3) is 0 Å². The molecule has 0 spiro atoms. The molecule has 0 nitrogen and oxygen atoms in total. The maximum atomic E-state index is 2.40. The first-order valence-electron chi connectivity index (χ1n) is 17.7. The second-order valence-corrected chi connectivity index (χ2v) is 15.5. The zero-order valence-electron chi connectivity index (χ0n) is 29.2. The lowest BCUT2D eigenvalue weighted by Crippen LogP contribution is -2.15. The molecule has 0 aliphatic heterocycles. The van der Waals surface area contributed by atoms with Gasteiger partial charge >= 0.3 is 0 Å². The summed E-state index contributed by atoms with van der Waals surface area (Å²) in [6.07, 6.45) is 21.6. The first kappa shape index (κ1) is 36.5. The smallest absolute Gasteiger partial charge is 0.0178 e. The molecule has 0 heterocycles. The van der Waals surface area contributed by atoms with E-state index >= 15 is 0 Å². The molecule has 0 bridgehead atoms. The monoisotopic (exact) mass is 543 g/mol. The van der Waals surface area contributed by atoms with Gasteiger partial charge in [0, 0.05) is 0 Å². The van der Waals surface area contributed by atoms with Crippen LogP contribution in [-0.2, 0) is 0 Å². The summed E-state index contributed by atoms with van der Waals surface area (Å²) in [5, 5.41) is 0. The van der Waals surface area contributed by atoms with E-state index in [0.717, 1.165) is 47.3 Å². The van der Waals surface area contributed by atoms with Crippen molar-refractivity contribution in [1.82, 2.24) is 0 Å². The number of hydrogen-bond donors (Lipinski definition) is 0. The van der Waals surface area contributed by atoms with Crippen molar-refractivity contribution < 1.29 is 0 Å². The molecule has 0 amide bonds. The Morgan fingerprint density at radius 2 is 0.974 bits per heavy atom. The lowest BCUT2D eigenvalue weighted by atomic mass is 9.81. The largest absolute Gasteiger partial charge is 0.0772 e. The van der Waals surface area contributed by atoms with Crippen LogP contribution in [0.3, 0.4) is 0 Å². The van der Waals surface area contributed by atoms with E-state index in [1.54, 1.807) is 22.3 Å². The molecule has 0 aromatic rings. The first-order valence-corrected chi connectivity index (χ1v) is 17.7. The molecule has 0 N–H and O–H groups in total. The predicted molar refractivity (Wildman–Crippen MR) is 179 cm³/mol. The topological polar surface area (TPSA) is 0 Å². The highest BCUT2D eigenvalue weighted by Crippen LogP contribution is 2.36. The minimum Gasteiger partial charge on any atom is -0.0772 e. The van der Waals surface area contributed by atoms with Crippen molar-refractivity contribution in [3.05, 3.63) is 22.3 Å². The summed E-state index contributed by atoms with van der Waals surface area (Å²) >= 11 is 0. The van der Waals surface area contributed by atoms with Crippen LogP contribution in [0.25, 0.3) is 0 Å². The van der Waals surface area contributed by atoms with Crippen molar-refractivity contribution >= 4 is 0 Å². The van der Waals surface area contributed by atoms with Crippen LogP contribution >= 0.6 is 0 Å². The minimum atomic E-state index is 0.836. The molecule has 3 rings (SSSR count). The van der Waals surface area contributed by atoms with Gasteiger partial charge in [-0.3, -0.25) is 0 Å². The summed E-state index contributed by atoms with van der Waals surface area (Å²) in [6, 6.07) is 0. The lowest BCUT2D eigenvalue weighted by Gasteiger charge is -2.25. The molecular weight excluding hydrogens is 468 g/mol. The van der Waals surface area contributed by atoms with Crippen molar-refractivity contribution in [3.63, 3.8) is 0 Å². The first-order chi connectivity index (χ1) is 18.3. The molecule has 0 heteroatoms. The van der Waals surface area contributed by atoms with Gasteiger partial charge in [-0.25, -0.2) is 0 Å². The molecule has 4 unspecified atom stereocenters. The second kappa shape index (κ2) is 19.6. The molecule has 0 aromatic heterocycles. The summed E-state index contributed by atoms with van der Waals surface area (Å²) < 4.78 is 0. The van der Waals surface area contributed by atoms with E-state index in [-0.39, 0.29) is 0 Å². The van der Waals surface area contributed by atoms with Crippen molar-refractivity contribution in [3.8, 4) is 0 Å². The Labute approximate surface area is 248 Å². The highest BCUT2D eigenvalue weighted by atomic mass is 14.3. The number of allylic oxidation sites excluding steroid dienone is 4. The van der Waals surface area contributed by atoms with E-state index in [4.69, 9.17) is 0 Å². The Balaban J connectivity index is 0.000000292. The molecule has 3 aliphatic rings. The van der Waals surface area contributed by atoms with Gasteiger partial charge in [0.15, 0.2) is 0 Å². The molecule has 0 aromatic carbocycles. The summed E-state index contributed by atoms with van der Waals surface area (Å²) in [6.45, 7) is 28.2. The SMILES string of the molecule is CC(C)=C1CCCC(C(C)C)CC1.CC(C)=C1CCCCCC1C(C)C.CC(C)C1CCCCC(C(C)C)C1. The molecule has 230 valence electrons. The lowest BCUT2D eigenvalue weighted by molar-refractivity contribution is 0.255. The van der Waals surface area contributed by atoms with Crippen LogP contribution in [0.4, 0.5) is 0 Å². The van der Waals surface area contributed by atoms with E-state index in [1.165, 1.54) is 96.3 Å². The summed E-state index contributed by atoms with van der Waals surface area (Å²) in [4.78, 5) is 0. The Bertz CT molecular complexity index is 676. The Hall–Kier alpha value is -0.520. The third-order valence-electron chi connectivity index (χ3n) is 10.8. The van der Waals surface area contributed by atoms with E-state index in [2.05, 4.69) is 83.1 Å². The van der Waals surface area contributed by atoms with Crippen LogP contribution in [0.1, 0.15) is 179 Å². The van der Waals surface area contributed by atoms with Gasteiger partial charge in [0.05, 0.1) is 0 Å². The average molecular weight is 543 g/mol. The van der Waals surface area contributed by atoms with Crippen LogP contribution in [0.15, 0.2) is 22.3 Å². The average Bonchev–Trinajstić information content (AvgIpc) is 3.36. The molecule has 3 aliphatic carbocycles. The maximum Gasteiger partial charge on any atom is -0.0178 e. The zero-order chi connectivity index (χ0) is 29.5. The zero-order valence-corrected chi connectivity index (χ0v) is 29.2. The summed E-state index contributed by atoms with van der Waals surface area (Å²) in [7, 11) is 0. The molecule has 3 saturated carbocycles. The quantitative estimate of drug-likeness (QED) is 0.245.